The molecule has 1 amide bonds. The van der Waals surface area contributed by atoms with Gasteiger partial charge in [0, 0.05) is 34.2 Å². The minimum Gasteiger partial charge on any atom is -0.323 e. The third-order valence-corrected chi connectivity index (χ3v) is 5.88. The van der Waals surface area contributed by atoms with Gasteiger partial charge in [-0.25, -0.2) is 8.42 Å². The molecule has 1 N–H and O–H groups in total. The van der Waals surface area contributed by atoms with Crippen molar-refractivity contribution in [2.75, 3.05) is 5.32 Å². The van der Waals surface area contributed by atoms with Crippen molar-refractivity contribution >= 4 is 50.7 Å². The molecule has 0 spiro atoms. The van der Waals surface area contributed by atoms with E-state index in [0.717, 1.165) is 5.56 Å². The van der Waals surface area contributed by atoms with Crippen molar-refractivity contribution in [3.8, 4) is 0 Å². The standard InChI is InChI=1S/C20H14Cl2N2O3S/c21-15-10-16(22)12-19(11-15)28(26,27)18-6-4-17(5-7-18)24-20(25)8-3-14-2-1-9-23-13-14/h1-13H,(H,24,25). The number of amides is 1. The molecule has 142 valence electrons. The van der Waals surface area contributed by atoms with E-state index in [0.29, 0.717) is 5.69 Å². The maximum atomic E-state index is 12.7. The monoisotopic (exact) mass is 432 g/mol. The lowest BCUT2D eigenvalue weighted by molar-refractivity contribution is -0.111. The number of nitrogens with one attached hydrogen (secondary N) is 1. The smallest absolute Gasteiger partial charge is 0.248 e. The molecule has 0 fully saturated rings. The van der Waals surface area contributed by atoms with Gasteiger partial charge < -0.3 is 5.32 Å². The lowest BCUT2D eigenvalue weighted by Crippen LogP contribution is -2.08. The molecule has 0 radical (unpaired) electrons. The van der Waals surface area contributed by atoms with E-state index in [4.69, 9.17) is 23.2 Å². The van der Waals surface area contributed by atoms with E-state index in [9.17, 15) is 13.2 Å². The number of nitrogens with zero attached hydrogens (tertiary/aromatic N) is 1. The van der Waals surface area contributed by atoms with Crippen LogP contribution >= 0.6 is 23.2 Å². The number of hydrogen-bond donors (Lipinski definition) is 1. The van der Waals surface area contributed by atoms with Gasteiger partial charge in [0.05, 0.1) is 9.79 Å². The van der Waals surface area contributed by atoms with Gasteiger partial charge in [-0.05, 0) is 60.2 Å². The van der Waals surface area contributed by atoms with E-state index >= 15 is 0 Å². The molecule has 0 atom stereocenters. The van der Waals surface area contributed by atoms with Crippen LogP contribution in [-0.4, -0.2) is 19.3 Å². The summed E-state index contributed by atoms with van der Waals surface area (Å²) in [6, 6.07) is 13.5. The zero-order chi connectivity index (χ0) is 20.1. The fraction of sp³-hybridized carbons (Fsp3) is 0. The van der Waals surface area contributed by atoms with Crippen molar-refractivity contribution in [1.29, 1.82) is 0 Å². The summed E-state index contributed by atoms with van der Waals surface area (Å²) in [6.45, 7) is 0. The Kier molecular flexibility index (Phi) is 6.14. The van der Waals surface area contributed by atoms with E-state index in [1.165, 1.54) is 48.5 Å². The first kappa shape index (κ1) is 20.1. The third kappa shape index (κ3) is 4.98. The Balaban J connectivity index is 1.74. The summed E-state index contributed by atoms with van der Waals surface area (Å²) in [6.07, 6.45) is 6.27. The number of carbonyl (C=O) groups is 1. The van der Waals surface area contributed by atoms with Crippen LogP contribution < -0.4 is 5.32 Å². The third-order valence-electron chi connectivity index (χ3n) is 3.69. The van der Waals surface area contributed by atoms with Gasteiger partial charge in [0.1, 0.15) is 0 Å². The van der Waals surface area contributed by atoms with Gasteiger partial charge in [0.2, 0.25) is 15.7 Å². The predicted molar refractivity (Wildman–Crippen MR) is 110 cm³/mol. The maximum Gasteiger partial charge on any atom is 0.248 e. The molecular weight excluding hydrogens is 419 g/mol. The zero-order valence-electron chi connectivity index (χ0n) is 14.3. The molecule has 1 heterocycles. The number of anilines is 1. The number of benzene rings is 2. The molecule has 0 saturated heterocycles. The van der Waals surface area contributed by atoms with Crippen molar-refractivity contribution in [1.82, 2.24) is 4.98 Å². The molecule has 8 heteroatoms. The number of carbonyl (C=O) groups excluding carboxylic acids is 1. The minimum atomic E-state index is -3.78. The summed E-state index contributed by atoms with van der Waals surface area (Å²) in [7, 11) is -3.78. The molecule has 0 aliphatic rings. The first-order valence-corrected chi connectivity index (χ1v) is 10.3. The summed E-state index contributed by atoms with van der Waals surface area (Å²) in [5.74, 6) is -0.346. The average molecular weight is 433 g/mol. The van der Waals surface area contributed by atoms with Gasteiger partial charge in [0.25, 0.3) is 0 Å². The van der Waals surface area contributed by atoms with E-state index < -0.39 is 9.84 Å². The topological polar surface area (TPSA) is 76.1 Å². The van der Waals surface area contributed by atoms with Gasteiger partial charge in [-0.15, -0.1) is 0 Å². The van der Waals surface area contributed by atoms with Crippen LogP contribution in [0.3, 0.4) is 0 Å². The SMILES string of the molecule is O=C(C=Cc1cccnc1)Nc1ccc(S(=O)(=O)c2cc(Cl)cc(Cl)c2)cc1. The Morgan fingerprint density at radius 2 is 1.64 bits per heavy atom. The molecule has 1 aromatic heterocycles. The predicted octanol–water partition coefficient (Wildman–Crippen LogP) is 4.87. The van der Waals surface area contributed by atoms with Gasteiger partial charge in [0.15, 0.2) is 0 Å². The van der Waals surface area contributed by atoms with E-state index in [-0.39, 0.29) is 25.7 Å². The van der Waals surface area contributed by atoms with Crippen LogP contribution in [0.1, 0.15) is 5.56 Å². The number of rotatable bonds is 5. The summed E-state index contributed by atoms with van der Waals surface area (Å²) in [5.41, 5.74) is 1.25. The first-order valence-electron chi connectivity index (χ1n) is 8.05. The molecule has 2 aromatic carbocycles. The Labute approximate surface area is 172 Å². The molecule has 0 aliphatic heterocycles. The largest absolute Gasteiger partial charge is 0.323 e. The summed E-state index contributed by atoms with van der Waals surface area (Å²) < 4.78 is 25.4. The molecule has 0 aliphatic carbocycles. The summed E-state index contributed by atoms with van der Waals surface area (Å²) >= 11 is 11.8. The second-order valence-electron chi connectivity index (χ2n) is 5.74. The van der Waals surface area contributed by atoms with Crippen molar-refractivity contribution in [3.05, 3.63) is 88.7 Å². The Hall–Kier alpha value is -2.67. The molecular formula is C20H14Cl2N2O3S. The van der Waals surface area contributed by atoms with Crippen LogP contribution in [0.15, 0.2) is 82.9 Å². The minimum absolute atomic E-state index is 0.00110. The highest BCUT2D eigenvalue weighted by Crippen LogP contribution is 2.27. The maximum absolute atomic E-state index is 12.7. The fourth-order valence-electron chi connectivity index (χ4n) is 2.37. The lowest BCUT2D eigenvalue weighted by atomic mass is 10.2. The van der Waals surface area contributed by atoms with Gasteiger partial charge in [-0.3, -0.25) is 9.78 Å². The number of hydrogen-bond acceptors (Lipinski definition) is 4. The summed E-state index contributed by atoms with van der Waals surface area (Å²) in [5, 5.41) is 3.13. The number of sulfone groups is 1. The van der Waals surface area contributed by atoms with Crippen molar-refractivity contribution in [2.24, 2.45) is 0 Å². The number of aromatic nitrogens is 1. The molecule has 5 nitrogen and oxygen atoms in total. The molecule has 28 heavy (non-hydrogen) atoms. The second kappa shape index (κ2) is 8.56. The van der Waals surface area contributed by atoms with Crippen molar-refractivity contribution < 1.29 is 13.2 Å². The molecule has 0 saturated carbocycles. The molecule has 0 bridgehead atoms. The highest BCUT2D eigenvalue weighted by molar-refractivity contribution is 7.91. The number of pyridine rings is 1. The number of halogens is 2. The molecule has 3 aromatic rings. The fourth-order valence-corrected chi connectivity index (χ4v) is 4.35. The Morgan fingerprint density at radius 1 is 0.964 bits per heavy atom. The van der Waals surface area contributed by atoms with Crippen LogP contribution in [0.25, 0.3) is 6.08 Å². The highest BCUT2D eigenvalue weighted by Gasteiger charge is 2.19. The van der Waals surface area contributed by atoms with Gasteiger partial charge in [-0.1, -0.05) is 29.3 Å². The highest BCUT2D eigenvalue weighted by atomic mass is 35.5. The van der Waals surface area contributed by atoms with E-state index in [2.05, 4.69) is 10.3 Å². The van der Waals surface area contributed by atoms with E-state index in [1.54, 1.807) is 24.5 Å². The molecule has 3 rings (SSSR count). The Bertz CT molecular complexity index is 1110. The van der Waals surface area contributed by atoms with Gasteiger partial charge in [-0.2, -0.15) is 0 Å². The van der Waals surface area contributed by atoms with Crippen LogP contribution in [0.2, 0.25) is 10.0 Å². The Morgan fingerprint density at radius 3 is 2.25 bits per heavy atom. The van der Waals surface area contributed by atoms with Crippen LogP contribution in [0.4, 0.5) is 5.69 Å². The van der Waals surface area contributed by atoms with Gasteiger partial charge >= 0.3 is 0 Å². The average Bonchev–Trinajstić information content (AvgIpc) is 2.67. The first-order chi connectivity index (χ1) is 13.3. The van der Waals surface area contributed by atoms with Crippen LogP contribution in [0, 0.1) is 0 Å². The van der Waals surface area contributed by atoms with Crippen LogP contribution in [0.5, 0.6) is 0 Å². The molecule has 0 unspecified atom stereocenters. The quantitative estimate of drug-likeness (QED) is 0.583. The van der Waals surface area contributed by atoms with Crippen LogP contribution in [-0.2, 0) is 14.6 Å². The summed E-state index contributed by atoms with van der Waals surface area (Å²) in [4.78, 5) is 16.0. The second-order valence-corrected chi connectivity index (χ2v) is 8.56. The lowest BCUT2D eigenvalue weighted by Gasteiger charge is -2.07. The normalized spacial score (nSPS) is 11.5. The van der Waals surface area contributed by atoms with Crippen molar-refractivity contribution in [3.63, 3.8) is 0 Å². The zero-order valence-corrected chi connectivity index (χ0v) is 16.7. The van der Waals surface area contributed by atoms with Crippen molar-refractivity contribution in [2.45, 2.75) is 9.79 Å². The van der Waals surface area contributed by atoms with E-state index in [1.807, 2.05) is 6.07 Å².